The molecular formula is C15H33ClN2. The second-order valence-corrected chi connectivity index (χ2v) is 4.77. The predicted octanol–water partition coefficient (Wildman–Crippen LogP) is 4.39. The number of unbranched alkanes of at least 4 members (excludes halogenated alkanes) is 9. The molecule has 0 radical (unpaired) electrons. The second kappa shape index (κ2) is 19.1. The molecule has 0 aliphatic rings. The molecule has 0 aromatic heterocycles. The van der Waals surface area contributed by atoms with Crippen LogP contribution in [0.25, 0.3) is 0 Å². The maximum Gasteiger partial charge on any atom is 0.0141 e. The zero-order valence-electron chi connectivity index (χ0n) is 12.1. The molecule has 0 amide bonds. The highest BCUT2D eigenvalue weighted by Gasteiger charge is 1.91. The third kappa shape index (κ3) is 18.2. The quantitative estimate of drug-likeness (QED) is 0.490. The Morgan fingerprint density at radius 3 is 1.83 bits per heavy atom. The van der Waals surface area contributed by atoms with Crippen LogP contribution in [0.4, 0.5) is 0 Å². The number of rotatable bonds is 13. The molecule has 0 aromatic rings. The van der Waals surface area contributed by atoms with Gasteiger partial charge in [-0.25, -0.2) is 0 Å². The van der Waals surface area contributed by atoms with Gasteiger partial charge in [-0.2, -0.15) is 0 Å². The van der Waals surface area contributed by atoms with E-state index in [2.05, 4.69) is 12.2 Å². The summed E-state index contributed by atoms with van der Waals surface area (Å²) in [6.07, 6.45) is 17.9. The third-order valence-electron chi connectivity index (χ3n) is 3.05. The summed E-state index contributed by atoms with van der Waals surface area (Å²) in [5, 5.41) is 3.25. The SMILES string of the molecule is CCCCCCCCCCCCN/C=C/CN.Cl. The fourth-order valence-electron chi connectivity index (χ4n) is 1.95. The van der Waals surface area contributed by atoms with E-state index in [4.69, 9.17) is 5.73 Å². The van der Waals surface area contributed by atoms with Crippen molar-refractivity contribution in [3.63, 3.8) is 0 Å². The van der Waals surface area contributed by atoms with Crippen LogP contribution in [0.3, 0.4) is 0 Å². The van der Waals surface area contributed by atoms with Crippen LogP contribution in [0.5, 0.6) is 0 Å². The molecule has 0 aromatic carbocycles. The zero-order chi connectivity index (χ0) is 12.6. The minimum Gasteiger partial charge on any atom is -0.391 e. The Morgan fingerprint density at radius 1 is 0.833 bits per heavy atom. The van der Waals surface area contributed by atoms with Crippen molar-refractivity contribution in [2.45, 2.75) is 71.1 Å². The van der Waals surface area contributed by atoms with E-state index in [0.29, 0.717) is 6.54 Å². The molecule has 0 heterocycles. The summed E-state index contributed by atoms with van der Waals surface area (Å²) in [7, 11) is 0. The molecule has 0 saturated heterocycles. The van der Waals surface area contributed by atoms with Crippen LogP contribution in [0, 0.1) is 0 Å². The molecule has 0 aliphatic carbocycles. The van der Waals surface area contributed by atoms with Crippen LogP contribution >= 0.6 is 12.4 Å². The molecule has 0 unspecified atom stereocenters. The van der Waals surface area contributed by atoms with Gasteiger partial charge in [0.05, 0.1) is 0 Å². The van der Waals surface area contributed by atoms with E-state index in [9.17, 15) is 0 Å². The van der Waals surface area contributed by atoms with Gasteiger partial charge in [0.25, 0.3) is 0 Å². The summed E-state index contributed by atoms with van der Waals surface area (Å²) in [6, 6.07) is 0. The standard InChI is InChI=1S/C15H32N2.ClH/c1-2-3-4-5-6-7-8-9-10-11-14-17-15-12-13-16;/h12,15,17H,2-11,13-14,16H2,1H3;1H/b15-12+;. The normalized spacial score (nSPS) is 10.6. The molecule has 0 atom stereocenters. The van der Waals surface area contributed by atoms with Crippen molar-refractivity contribution in [1.29, 1.82) is 0 Å². The molecule has 3 N–H and O–H groups in total. The van der Waals surface area contributed by atoms with E-state index in [1.807, 2.05) is 12.3 Å². The monoisotopic (exact) mass is 276 g/mol. The van der Waals surface area contributed by atoms with Crippen LogP contribution in [-0.4, -0.2) is 13.1 Å². The molecular weight excluding hydrogens is 244 g/mol. The lowest BCUT2D eigenvalue weighted by atomic mass is 10.1. The summed E-state index contributed by atoms with van der Waals surface area (Å²) in [6.45, 7) is 3.99. The first-order chi connectivity index (χ1) is 8.41. The van der Waals surface area contributed by atoms with E-state index in [1.54, 1.807) is 0 Å². The van der Waals surface area contributed by atoms with E-state index >= 15 is 0 Å². The first-order valence-electron chi connectivity index (χ1n) is 7.50. The van der Waals surface area contributed by atoms with Crippen molar-refractivity contribution in [3.8, 4) is 0 Å². The van der Waals surface area contributed by atoms with Crippen molar-refractivity contribution in [1.82, 2.24) is 5.32 Å². The van der Waals surface area contributed by atoms with Gasteiger partial charge in [0, 0.05) is 13.1 Å². The summed E-state index contributed by atoms with van der Waals surface area (Å²) in [5.74, 6) is 0. The van der Waals surface area contributed by atoms with Crippen LogP contribution in [-0.2, 0) is 0 Å². The molecule has 0 fully saturated rings. The lowest BCUT2D eigenvalue weighted by Gasteiger charge is -2.02. The smallest absolute Gasteiger partial charge is 0.0141 e. The van der Waals surface area contributed by atoms with Crippen LogP contribution in [0.2, 0.25) is 0 Å². The molecule has 110 valence electrons. The maximum atomic E-state index is 5.34. The van der Waals surface area contributed by atoms with E-state index in [1.165, 1.54) is 64.2 Å². The van der Waals surface area contributed by atoms with Gasteiger partial charge >= 0.3 is 0 Å². The minimum absolute atomic E-state index is 0. The van der Waals surface area contributed by atoms with Crippen molar-refractivity contribution in [2.24, 2.45) is 5.73 Å². The summed E-state index contributed by atoms with van der Waals surface area (Å²) in [4.78, 5) is 0. The van der Waals surface area contributed by atoms with Crippen LogP contribution in [0.1, 0.15) is 71.1 Å². The minimum atomic E-state index is 0. The fourth-order valence-corrected chi connectivity index (χ4v) is 1.95. The first-order valence-corrected chi connectivity index (χ1v) is 7.50. The molecule has 0 saturated carbocycles. The van der Waals surface area contributed by atoms with Gasteiger partial charge in [-0.3, -0.25) is 0 Å². The van der Waals surface area contributed by atoms with E-state index < -0.39 is 0 Å². The average molecular weight is 277 g/mol. The fraction of sp³-hybridized carbons (Fsp3) is 0.867. The van der Waals surface area contributed by atoms with Gasteiger partial charge in [-0.05, 0) is 12.6 Å². The van der Waals surface area contributed by atoms with Gasteiger partial charge in [0.2, 0.25) is 0 Å². The molecule has 0 rings (SSSR count). The highest BCUT2D eigenvalue weighted by atomic mass is 35.5. The van der Waals surface area contributed by atoms with Gasteiger partial charge in [0.1, 0.15) is 0 Å². The second-order valence-electron chi connectivity index (χ2n) is 4.77. The number of nitrogens with one attached hydrogen (secondary N) is 1. The van der Waals surface area contributed by atoms with Gasteiger partial charge < -0.3 is 11.1 Å². The average Bonchev–Trinajstić information content (AvgIpc) is 2.35. The largest absolute Gasteiger partial charge is 0.391 e. The number of hydrogen-bond donors (Lipinski definition) is 2. The molecule has 0 bridgehead atoms. The molecule has 2 nitrogen and oxygen atoms in total. The molecule has 3 heteroatoms. The molecule has 0 spiro atoms. The highest BCUT2D eigenvalue weighted by Crippen LogP contribution is 2.10. The van der Waals surface area contributed by atoms with Gasteiger partial charge in [-0.15, -0.1) is 12.4 Å². The van der Waals surface area contributed by atoms with Gasteiger partial charge in [-0.1, -0.05) is 70.8 Å². The Labute approximate surface area is 120 Å². The molecule has 0 aliphatic heterocycles. The Bertz CT molecular complexity index is 161. The summed E-state index contributed by atoms with van der Waals surface area (Å²) < 4.78 is 0. The number of nitrogens with two attached hydrogens (primary N) is 1. The Morgan fingerprint density at radius 2 is 1.33 bits per heavy atom. The van der Waals surface area contributed by atoms with E-state index in [0.717, 1.165) is 6.54 Å². The third-order valence-corrected chi connectivity index (χ3v) is 3.05. The highest BCUT2D eigenvalue weighted by molar-refractivity contribution is 5.85. The number of halogens is 1. The van der Waals surface area contributed by atoms with Crippen LogP contribution in [0.15, 0.2) is 12.3 Å². The Balaban J connectivity index is 0. The lowest BCUT2D eigenvalue weighted by molar-refractivity contribution is 0.553. The van der Waals surface area contributed by atoms with Crippen molar-refractivity contribution >= 4 is 12.4 Å². The molecule has 18 heavy (non-hydrogen) atoms. The Hall–Kier alpha value is -0.210. The lowest BCUT2D eigenvalue weighted by Crippen LogP contribution is -2.07. The van der Waals surface area contributed by atoms with Gasteiger partial charge in [0.15, 0.2) is 0 Å². The van der Waals surface area contributed by atoms with Crippen molar-refractivity contribution in [2.75, 3.05) is 13.1 Å². The topological polar surface area (TPSA) is 38.0 Å². The summed E-state index contributed by atoms with van der Waals surface area (Å²) >= 11 is 0. The zero-order valence-corrected chi connectivity index (χ0v) is 12.9. The van der Waals surface area contributed by atoms with E-state index in [-0.39, 0.29) is 12.4 Å². The van der Waals surface area contributed by atoms with Crippen molar-refractivity contribution in [3.05, 3.63) is 12.3 Å². The Kier molecular flexibility index (Phi) is 21.4. The van der Waals surface area contributed by atoms with Crippen molar-refractivity contribution < 1.29 is 0 Å². The first kappa shape index (κ1) is 20.1. The maximum absolute atomic E-state index is 5.34. The predicted molar refractivity (Wildman–Crippen MR) is 85.3 cm³/mol. The van der Waals surface area contributed by atoms with Crippen LogP contribution < -0.4 is 11.1 Å². The summed E-state index contributed by atoms with van der Waals surface area (Å²) in [5.41, 5.74) is 5.34. The number of hydrogen-bond acceptors (Lipinski definition) is 2.